The largest absolute Gasteiger partial charge is 0.299 e. The summed E-state index contributed by atoms with van der Waals surface area (Å²) < 4.78 is 0. The summed E-state index contributed by atoms with van der Waals surface area (Å²) in [5, 5.41) is 0. The lowest BCUT2D eigenvalue weighted by Gasteiger charge is -2.61. The first-order chi connectivity index (χ1) is 10.8. The van der Waals surface area contributed by atoms with Crippen LogP contribution in [0.2, 0.25) is 0 Å². The molecule has 0 saturated heterocycles. The van der Waals surface area contributed by atoms with Gasteiger partial charge in [-0.2, -0.15) is 0 Å². The summed E-state index contributed by atoms with van der Waals surface area (Å²) in [5.74, 6) is 3.46. The highest BCUT2D eigenvalue weighted by Gasteiger charge is 2.63. The van der Waals surface area contributed by atoms with Gasteiger partial charge in [0.25, 0.3) is 0 Å². The van der Waals surface area contributed by atoms with Crippen molar-refractivity contribution >= 4 is 27.5 Å². The Hall–Kier alpha value is -0.440. The number of carbonyl (C=O) groups excluding carboxylic acids is 2. The van der Waals surface area contributed by atoms with Gasteiger partial charge in [0.05, 0.1) is 0 Å². The minimum Gasteiger partial charge on any atom is -0.299 e. The molecule has 3 fully saturated rings. The van der Waals surface area contributed by atoms with Crippen LogP contribution in [0.1, 0.15) is 52.9 Å². The molecule has 4 aliphatic rings. The van der Waals surface area contributed by atoms with Crippen LogP contribution < -0.4 is 0 Å². The maximum atomic E-state index is 12.5. The van der Waals surface area contributed by atoms with Crippen LogP contribution in [-0.4, -0.2) is 16.4 Å². The van der Waals surface area contributed by atoms with E-state index in [0.29, 0.717) is 46.6 Å². The Morgan fingerprint density at radius 2 is 1.87 bits per heavy atom. The monoisotopic (exact) mass is 378 g/mol. The molecule has 0 amide bonds. The summed E-state index contributed by atoms with van der Waals surface area (Å²) in [6.45, 7) is 6.96. The third-order valence-electron chi connectivity index (χ3n) is 8.18. The van der Waals surface area contributed by atoms with Gasteiger partial charge in [0.1, 0.15) is 5.78 Å². The van der Waals surface area contributed by atoms with Crippen LogP contribution in [-0.2, 0) is 9.59 Å². The SMILES string of the molecule is C[C@H]1[C@@H]2[C@H](CC[C@]3(C)C(=O)CC[C@@H]23)[C@@]2(C)C=CC(=O)CC2[C@@H]1Br. The van der Waals surface area contributed by atoms with Crippen molar-refractivity contribution in [2.75, 3.05) is 0 Å². The predicted molar refractivity (Wildman–Crippen MR) is 94.3 cm³/mol. The molecule has 126 valence electrons. The molecule has 0 aromatic rings. The Labute approximate surface area is 147 Å². The zero-order chi connectivity index (χ0) is 16.6. The molecule has 23 heavy (non-hydrogen) atoms. The topological polar surface area (TPSA) is 34.1 Å². The van der Waals surface area contributed by atoms with Crippen LogP contribution in [0.15, 0.2) is 12.2 Å². The Morgan fingerprint density at radius 3 is 2.61 bits per heavy atom. The molecule has 3 heteroatoms. The number of hydrogen-bond acceptors (Lipinski definition) is 2. The first-order valence-corrected chi connectivity index (χ1v) is 10.1. The van der Waals surface area contributed by atoms with Gasteiger partial charge in [0.2, 0.25) is 0 Å². The molecule has 1 unspecified atom stereocenters. The van der Waals surface area contributed by atoms with Gasteiger partial charge in [0.15, 0.2) is 5.78 Å². The van der Waals surface area contributed by atoms with E-state index >= 15 is 0 Å². The van der Waals surface area contributed by atoms with Gasteiger partial charge in [-0.05, 0) is 60.3 Å². The van der Waals surface area contributed by atoms with E-state index in [4.69, 9.17) is 0 Å². The number of Topliss-reactive ketones (excluding diaryl/α,β-unsaturated/α-hetero) is 1. The summed E-state index contributed by atoms with van der Waals surface area (Å²) in [4.78, 5) is 24.9. The third-order valence-corrected chi connectivity index (χ3v) is 9.65. The smallest absolute Gasteiger partial charge is 0.155 e. The molecule has 0 aromatic carbocycles. The molecule has 4 rings (SSSR count). The lowest BCUT2D eigenvalue weighted by atomic mass is 9.44. The van der Waals surface area contributed by atoms with Crippen molar-refractivity contribution < 1.29 is 9.59 Å². The molecule has 0 radical (unpaired) electrons. The van der Waals surface area contributed by atoms with E-state index in [2.05, 4.69) is 42.8 Å². The normalized spacial score (nSPS) is 55.3. The van der Waals surface area contributed by atoms with Gasteiger partial charge in [-0.15, -0.1) is 0 Å². The number of rotatable bonds is 0. The quantitative estimate of drug-likeness (QED) is 0.578. The van der Waals surface area contributed by atoms with E-state index in [1.54, 1.807) is 0 Å². The Morgan fingerprint density at radius 1 is 1.13 bits per heavy atom. The Bertz CT molecular complexity index is 596. The molecule has 4 aliphatic carbocycles. The molecular weight excluding hydrogens is 352 g/mol. The molecule has 0 aromatic heterocycles. The Balaban J connectivity index is 1.78. The number of alkyl halides is 1. The third kappa shape index (κ3) is 1.98. The Kier molecular flexibility index (Phi) is 3.51. The number of hydrogen-bond donors (Lipinski definition) is 0. The maximum absolute atomic E-state index is 12.5. The van der Waals surface area contributed by atoms with Gasteiger partial charge >= 0.3 is 0 Å². The summed E-state index contributed by atoms with van der Waals surface area (Å²) in [7, 11) is 0. The highest BCUT2D eigenvalue weighted by atomic mass is 79.9. The molecule has 0 bridgehead atoms. The lowest BCUT2D eigenvalue weighted by molar-refractivity contribution is -0.138. The first-order valence-electron chi connectivity index (χ1n) is 9.18. The molecule has 2 nitrogen and oxygen atoms in total. The van der Waals surface area contributed by atoms with Crippen LogP contribution in [0, 0.1) is 40.4 Å². The summed E-state index contributed by atoms with van der Waals surface area (Å²) in [6.07, 6.45) is 8.76. The van der Waals surface area contributed by atoms with Gasteiger partial charge < -0.3 is 0 Å². The zero-order valence-electron chi connectivity index (χ0n) is 14.3. The minimum absolute atomic E-state index is 0.0838. The first kappa shape index (κ1) is 16.1. The van der Waals surface area contributed by atoms with E-state index < -0.39 is 0 Å². The van der Waals surface area contributed by atoms with Gasteiger partial charge in [-0.25, -0.2) is 0 Å². The minimum atomic E-state index is -0.0838. The highest BCUT2D eigenvalue weighted by Crippen LogP contribution is 2.66. The fraction of sp³-hybridized carbons (Fsp3) is 0.800. The van der Waals surface area contributed by atoms with Crippen molar-refractivity contribution in [1.82, 2.24) is 0 Å². The predicted octanol–water partition coefficient (Wildman–Crippen LogP) is 4.56. The summed E-state index contributed by atoms with van der Waals surface area (Å²) in [5.41, 5.74) is 0.0196. The molecule has 8 atom stereocenters. The molecule has 0 aliphatic heterocycles. The number of halogens is 1. The van der Waals surface area contributed by atoms with Crippen molar-refractivity contribution in [2.45, 2.75) is 57.7 Å². The summed E-state index contributed by atoms with van der Waals surface area (Å²) in [6, 6.07) is 0. The van der Waals surface area contributed by atoms with Crippen molar-refractivity contribution in [1.29, 1.82) is 0 Å². The molecule has 3 saturated carbocycles. The summed E-state index contributed by atoms with van der Waals surface area (Å²) >= 11 is 3.98. The molecule has 0 spiro atoms. The van der Waals surface area contributed by atoms with Crippen LogP contribution in [0.4, 0.5) is 0 Å². The van der Waals surface area contributed by atoms with Crippen molar-refractivity contribution in [3.05, 3.63) is 12.2 Å². The van der Waals surface area contributed by atoms with E-state index in [0.717, 1.165) is 25.7 Å². The van der Waals surface area contributed by atoms with Crippen LogP contribution in [0.3, 0.4) is 0 Å². The van der Waals surface area contributed by atoms with E-state index in [-0.39, 0.29) is 16.6 Å². The van der Waals surface area contributed by atoms with Crippen molar-refractivity contribution in [3.8, 4) is 0 Å². The second-order valence-electron chi connectivity index (χ2n) is 8.99. The van der Waals surface area contributed by atoms with E-state index in [1.807, 2.05) is 6.08 Å². The van der Waals surface area contributed by atoms with Gasteiger partial charge in [-0.1, -0.05) is 42.8 Å². The van der Waals surface area contributed by atoms with Crippen molar-refractivity contribution in [3.63, 3.8) is 0 Å². The van der Waals surface area contributed by atoms with Gasteiger partial charge in [-0.3, -0.25) is 9.59 Å². The fourth-order valence-electron chi connectivity index (χ4n) is 6.76. The van der Waals surface area contributed by atoms with Gasteiger partial charge in [0, 0.05) is 23.1 Å². The van der Waals surface area contributed by atoms with Crippen LogP contribution in [0.25, 0.3) is 0 Å². The molecular formula is C20H27BrO2. The zero-order valence-corrected chi connectivity index (χ0v) is 15.9. The average molecular weight is 379 g/mol. The standard InChI is InChI=1S/C20H27BrO2/c1-11-17-13-4-5-16(23)20(13,3)9-7-14(17)19(2)8-6-12(22)10-15(19)18(11)21/h6,8,11,13-15,17-18H,4-5,7,9-10H2,1-3H3/t11-,13-,14-,15?,17-,18+,19+,20-/m0/s1. The van der Waals surface area contributed by atoms with Crippen molar-refractivity contribution in [2.24, 2.45) is 40.4 Å². The second-order valence-corrected chi connectivity index (χ2v) is 10.0. The maximum Gasteiger partial charge on any atom is 0.155 e. The molecule has 0 N–H and O–H groups in total. The highest BCUT2D eigenvalue weighted by molar-refractivity contribution is 9.09. The van der Waals surface area contributed by atoms with Crippen LogP contribution >= 0.6 is 15.9 Å². The number of carbonyl (C=O) groups is 2. The van der Waals surface area contributed by atoms with E-state index in [1.165, 1.54) is 0 Å². The number of ketones is 2. The van der Waals surface area contributed by atoms with E-state index in [9.17, 15) is 9.59 Å². The lowest BCUT2D eigenvalue weighted by Crippen LogP contribution is -2.58. The number of allylic oxidation sites excluding steroid dienone is 2. The molecule has 0 heterocycles. The second kappa shape index (κ2) is 5.03. The average Bonchev–Trinajstić information content (AvgIpc) is 2.82. The fourth-order valence-corrected chi connectivity index (χ4v) is 7.87. The number of fused-ring (bicyclic) bond motifs is 5. The van der Waals surface area contributed by atoms with Crippen LogP contribution in [0.5, 0.6) is 0 Å².